The summed E-state index contributed by atoms with van der Waals surface area (Å²) in [5.41, 5.74) is 3.36. The van der Waals surface area contributed by atoms with Crippen LogP contribution in [0.15, 0.2) is 54.6 Å². The number of fused-ring (bicyclic) bond motifs is 2. The van der Waals surface area contributed by atoms with Crippen LogP contribution in [0.3, 0.4) is 0 Å². The third-order valence-electron chi connectivity index (χ3n) is 10.6. The van der Waals surface area contributed by atoms with E-state index in [1.807, 2.05) is 11.0 Å². The Morgan fingerprint density at radius 2 is 1.81 bits per heavy atom. The molecule has 10 heteroatoms. The van der Waals surface area contributed by atoms with Crippen molar-refractivity contribution < 1.29 is 9.53 Å². The lowest BCUT2D eigenvalue weighted by molar-refractivity contribution is -0.128. The minimum atomic E-state index is -0.207. The Kier molecular flexibility index (Phi) is 10.1. The third kappa shape index (κ3) is 7.13. The number of nitrogens with zero attached hydrogens (tertiary/aromatic N) is 8. The summed E-state index contributed by atoms with van der Waals surface area (Å²) in [5, 5.41) is 2.47. The van der Waals surface area contributed by atoms with Crippen molar-refractivity contribution in [3.05, 3.63) is 77.3 Å². The molecule has 2 aromatic carbocycles. The SMILES string of the molecule is [C-]#[N+]C[C@H]1CN(c2nc(OC[C@@H]3CCCN3C)nc3c2CCN(c2cccc4ccccc24)C3)CCN1C(=O)/C=C/CN1CCCCC1. The van der Waals surface area contributed by atoms with Crippen molar-refractivity contribution in [1.29, 1.82) is 0 Å². The van der Waals surface area contributed by atoms with Crippen LogP contribution in [-0.2, 0) is 17.8 Å². The molecule has 0 N–H and O–H groups in total. The number of ether oxygens (including phenoxy) is 1. The van der Waals surface area contributed by atoms with Crippen LogP contribution in [0.1, 0.15) is 43.4 Å². The Hall–Kier alpha value is -4.20. The van der Waals surface area contributed by atoms with E-state index in [1.165, 1.54) is 42.1 Å². The molecule has 0 bridgehead atoms. The van der Waals surface area contributed by atoms with Gasteiger partial charge in [0.05, 0.1) is 12.2 Å². The summed E-state index contributed by atoms with van der Waals surface area (Å²) < 4.78 is 6.36. The van der Waals surface area contributed by atoms with Crippen molar-refractivity contribution in [1.82, 2.24) is 24.7 Å². The Bertz CT molecular complexity index is 1660. The first kappa shape index (κ1) is 32.4. The fourth-order valence-electron chi connectivity index (χ4n) is 7.90. The summed E-state index contributed by atoms with van der Waals surface area (Å²) in [6.07, 6.45) is 10.6. The van der Waals surface area contributed by atoms with E-state index in [9.17, 15) is 4.79 Å². The molecule has 4 aliphatic heterocycles. The highest BCUT2D eigenvalue weighted by atomic mass is 16.5. The maximum atomic E-state index is 13.4. The lowest BCUT2D eigenvalue weighted by Crippen LogP contribution is -2.56. The highest BCUT2D eigenvalue weighted by Gasteiger charge is 2.35. The minimum absolute atomic E-state index is 0.000427. The molecule has 4 aliphatic rings. The first-order valence-electron chi connectivity index (χ1n) is 17.8. The number of amides is 1. The molecular formula is C38H48N8O2. The van der Waals surface area contributed by atoms with Gasteiger partial charge in [0, 0.05) is 61.5 Å². The van der Waals surface area contributed by atoms with Gasteiger partial charge < -0.3 is 29.2 Å². The van der Waals surface area contributed by atoms with E-state index in [0.717, 1.165) is 62.6 Å². The zero-order chi connectivity index (χ0) is 32.9. The molecule has 7 rings (SSSR count). The normalized spacial score (nSPS) is 22.3. The molecule has 0 spiro atoms. The van der Waals surface area contributed by atoms with Gasteiger partial charge >= 0.3 is 6.01 Å². The molecule has 2 atom stereocenters. The number of piperazine rings is 1. The monoisotopic (exact) mass is 648 g/mol. The standard InChI is InChI=1S/C38H48N8O2/c1-39-25-31-26-45(23-24-46(31)36(47)16-10-21-43-19-6-3-7-20-43)37-33-17-22-44(35-15-8-12-29-11-4-5-14-32(29)35)27-34(33)40-38(41-37)48-28-30-13-9-18-42(30)2/h4-5,8,10-12,14-16,30-31H,3,6-7,9,13,17-28H2,2H3/b16-10+/t30-,31-/m0/s1. The number of benzene rings is 2. The van der Waals surface area contributed by atoms with Crippen LogP contribution >= 0.6 is 0 Å². The fourth-order valence-corrected chi connectivity index (χ4v) is 7.90. The predicted molar refractivity (Wildman–Crippen MR) is 190 cm³/mol. The molecule has 48 heavy (non-hydrogen) atoms. The van der Waals surface area contributed by atoms with Crippen LogP contribution in [0.5, 0.6) is 6.01 Å². The van der Waals surface area contributed by atoms with Gasteiger partial charge in [0.15, 0.2) is 0 Å². The first-order chi connectivity index (χ1) is 23.6. The van der Waals surface area contributed by atoms with E-state index < -0.39 is 0 Å². The molecule has 1 aromatic heterocycles. The molecule has 3 fully saturated rings. The largest absolute Gasteiger partial charge is 0.462 e. The van der Waals surface area contributed by atoms with Gasteiger partial charge in [-0.3, -0.25) is 9.69 Å². The Labute approximate surface area is 284 Å². The van der Waals surface area contributed by atoms with Crippen LogP contribution in [-0.4, -0.2) is 115 Å². The Morgan fingerprint density at radius 1 is 0.958 bits per heavy atom. The lowest BCUT2D eigenvalue weighted by Gasteiger charge is -2.41. The van der Waals surface area contributed by atoms with Gasteiger partial charge in [0.2, 0.25) is 12.5 Å². The van der Waals surface area contributed by atoms with Crippen molar-refractivity contribution in [2.24, 2.45) is 0 Å². The smallest absolute Gasteiger partial charge is 0.318 e. The molecule has 5 heterocycles. The zero-order valence-electron chi connectivity index (χ0n) is 28.3. The number of carbonyl (C=O) groups is 1. The van der Waals surface area contributed by atoms with Crippen molar-refractivity contribution in [3.63, 3.8) is 0 Å². The number of carbonyl (C=O) groups excluding carboxylic acids is 1. The average molecular weight is 649 g/mol. The van der Waals surface area contributed by atoms with Crippen LogP contribution in [0.4, 0.5) is 11.5 Å². The molecule has 3 aromatic rings. The third-order valence-corrected chi connectivity index (χ3v) is 10.6. The van der Waals surface area contributed by atoms with Crippen LogP contribution < -0.4 is 14.5 Å². The van der Waals surface area contributed by atoms with Gasteiger partial charge in [-0.1, -0.05) is 48.9 Å². The van der Waals surface area contributed by atoms with Gasteiger partial charge in [-0.2, -0.15) is 9.97 Å². The molecule has 0 saturated carbocycles. The summed E-state index contributed by atoms with van der Waals surface area (Å²) >= 11 is 0. The van der Waals surface area contributed by atoms with E-state index in [4.69, 9.17) is 21.3 Å². The molecule has 0 aliphatic carbocycles. The van der Waals surface area contributed by atoms with Gasteiger partial charge in [-0.25, -0.2) is 6.57 Å². The van der Waals surface area contributed by atoms with Crippen molar-refractivity contribution >= 4 is 28.2 Å². The first-order valence-corrected chi connectivity index (χ1v) is 17.8. The van der Waals surface area contributed by atoms with Gasteiger partial charge in [-0.15, -0.1) is 0 Å². The number of hydrogen-bond donors (Lipinski definition) is 0. The number of aromatic nitrogens is 2. The maximum absolute atomic E-state index is 13.4. The number of likely N-dealkylation sites (tertiary alicyclic amines) is 2. The Balaban J connectivity index is 1.13. The molecule has 252 valence electrons. The number of piperidine rings is 1. The van der Waals surface area contributed by atoms with Crippen molar-refractivity contribution in [2.75, 3.05) is 82.4 Å². The molecular weight excluding hydrogens is 600 g/mol. The summed E-state index contributed by atoms with van der Waals surface area (Å²) in [7, 11) is 2.16. The predicted octanol–water partition coefficient (Wildman–Crippen LogP) is 4.64. The number of likely N-dealkylation sites (N-methyl/N-ethyl adjacent to an activating group) is 1. The fraction of sp³-hybridized carbons (Fsp3) is 0.526. The van der Waals surface area contributed by atoms with E-state index >= 15 is 0 Å². The van der Waals surface area contributed by atoms with E-state index in [0.29, 0.717) is 44.8 Å². The highest BCUT2D eigenvalue weighted by molar-refractivity contribution is 5.94. The number of anilines is 2. The number of hydrogen-bond acceptors (Lipinski definition) is 8. The van der Waals surface area contributed by atoms with E-state index in [-0.39, 0.29) is 18.5 Å². The summed E-state index contributed by atoms with van der Waals surface area (Å²) in [4.78, 5) is 38.6. The number of rotatable bonds is 9. The van der Waals surface area contributed by atoms with Gasteiger partial charge in [0.25, 0.3) is 0 Å². The van der Waals surface area contributed by atoms with Crippen LogP contribution in [0.2, 0.25) is 0 Å². The summed E-state index contributed by atoms with van der Waals surface area (Å²) in [6, 6.07) is 15.6. The molecule has 1 amide bonds. The van der Waals surface area contributed by atoms with E-state index in [2.05, 4.69) is 74.0 Å². The molecule has 10 nitrogen and oxygen atoms in total. The van der Waals surface area contributed by atoms with Crippen molar-refractivity contribution in [2.45, 2.75) is 57.2 Å². The lowest BCUT2D eigenvalue weighted by atomic mass is 10.0. The molecule has 0 radical (unpaired) electrons. The molecule has 3 saturated heterocycles. The maximum Gasteiger partial charge on any atom is 0.318 e. The quantitative estimate of drug-likeness (QED) is 0.246. The van der Waals surface area contributed by atoms with Crippen LogP contribution in [0.25, 0.3) is 15.6 Å². The second-order valence-electron chi connectivity index (χ2n) is 13.7. The second-order valence-corrected chi connectivity index (χ2v) is 13.7. The Morgan fingerprint density at radius 3 is 2.65 bits per heavy atom. The van der Waals surface area contributed by atoms with Crippen LogP contribution in [0, 0.1) is 6.57 Å². The van der Waals surface area contributed by atoms with E-state index in [1.54, 1.807) is 6.08 Å². The second kappa shape index (κ2) is 14.9. The van der Waals surface area contributed by atoms with Gasteiger partial charge in [-0.05, 0) is 70.2 Å². The minimum Gasteiger partial charge on any atom is -0.462 e. The van der Waals surface area contributed by atoms with Crippen molar-refractivity contribution in [3.8, 4) is 6.01 Å². The highest BCUT2D eigenvalue weighted by Crippen LogP contribution is 2.35. The van der Waals surface area contributed by atoms with Gasteiger partial charge in [0.1, 0.15) is 18.5 Å². The molecule has 0 unspecified atom stereocenters. The topological polar surface area (TPSA) is 72.6 Å². The summed E-state index contributed by atoms with van der Waals surface area (Å²) in [6.45, 7) is 15.9. The summed E-state index contributed by atoms with van der Waals surface area (Å²) in [5.74, 6) is 0.899. The average Bonchev–Trinajstić information content (AvgIpc) is 3.54. The zero-order valence-corrected chi connectivity index (χ0v) is 28.3.